The van der Waals surface area contributed by atoms with Crippen molar-refractivity contribution in [1.82, 2.24) is 5.32 Å². The number of hydrogen-bond donors (Lipinski definition) is 3. The number of nitrogens with one attached hydrogen (secondary N) is 1. The van der Waals surface area contributed by atoms with Crippen molar-refractivity contribution in [3.63, 3.8) is 0 Å². The van der Waals surface area contributed by atoms with E-state index in [2.05, 4.69) is 5.32 Å². The zero-order chi connectivity index (χ0) is 22.3. The molecule has 0 spiro atoms. The van der Waals surface area contributed by atoms with Gasteiger partial charge in [0.2, 0.25) is 0 Å². The van der Waals surface area contributed by atoms with Gasteiger partial charge in [0.15, 0.2) is 0 Å². The lowest BCUT2D eigenvalue weighted by atomic mass is 9.99. The van der Waals surface area contributed by atoms with Crippen molar-refractivity contribution >= 4 is 17.8 Å². The molecule has 0 aliphatic rings. The topological polar surface area (TPSA) is 69.6 Å². The van der Waals surface area contributed by atoms with Gasteiger partial charge in [-0.1, -0.05) is 105 Å². The third-order valence-corrected chi connectivity index (χ3v) is 9.62. The smallest absolute Gasteiger partial charge is 0.149 e. The molecule has 3 aromatic carbocycles. The molecule has 0 bridgehead atoms. The van der Waals surface area contributed by atoms with Crippen LogP contribution in [-0.2, 0) is 11.1 Å². The summed E-state index contributed by atoms with van der Waals surface area (Å²) in [7, 11) is -3.21. The largest absolute Gasteiger partial charge is 0.395 e. The zero-order valence-electron chi connectivity index (χ0n) is 18.1. The molecule has 3 aromatic rings. The summed E-state index contributed by atoms with van der Waals surface area (Å²) in [6.45, 7) is 4.23. The zero-order valence-corrected chi connectivity index (χ0v) is 19.0. The highest BCUT2D eigenvalue weighted by Crippen LogP contribution is 2.53. The van der Waals surface area contributed by atoms with Crippen molar-refractivity contribution in [3.8, 4) is 0 Å². The van der Waals surface area contributed by atoms with E-state index in [1.165, 1.54) is 0 Å². The van der Waals surface area contributed by atoms with Crippen molar-refractivity contribution in [1.29, 1.82) is 0 Å². The molecule has 0 saturated heterocycles. The van der Waals surface area contributed by atoms with Crippen molar-refractivity contribution in [2.75, 3.05) is 6.61 Å². The summed E-state index contributed by atoms with van der Waals surface area (Å²) in [5.74, 6) is -0.0752. The summed E-state index contributed by atoms with van der Waals surface area (Å²) in [6, 6.07) is 28.1. The average Bonchev–Trinajstić information content (AvgIpc) is 2.81. The standard InChI is InChI=1S/C26H32NO3P/c1-20(2)26(25(29)24(19-28)27-18-21-12-6-3-7-13-21)31(30,22-14-8-4-9-15-22)23-16-10-5-11-17-23/h3-17,20,24-29H,18-19H2,1-2H3/t24-,25-,26+/m0/s1. The van der Waals surface area contributed by atoms with E-state index in [1.54, 1.807) is 0 Å². The highest BCUT2D eigenvalue weighted by molar-refractivity contribution is 7.79. The Bertz CT molecular complexity index is 920. The Labute approximate surface area is 185 Å². The van der Waals surface area contributed by atoms with Crippen molar-refractivity contribution in [2.24, 2.45) is 5.92 Å². The van der Waals surface area contributed by atoms with Crippen molar-refractivity contribution in [3.05, 3.63) is 96.6 Å². The molecular formula is C26H32NO3P. The van der Waals surface area contributed by atoms with E-state index in [4.69, 9.17) is 0 Å². The van der Waals surface area contributed by atoms with Gasteiger partial charge in [-0.2, -0.15) is 0 Å². The first-order valence-corrected chi connectivity index (χ1v) is 12.5. The minimum atomic E-state index is -3.21. The van der Waals surface area contributed by atoms with Crippen LogP contribution < -0.4 is 15.9 Å². The van der Waals surface area contributed by atoms with Crippen LogP contribution in [0.4, 0.5) is 0 Å². The molecule has 0 aromatic heterocycles. The maximum Gasteiger partial charge on any atom is 0.149 e. The molecule has 0 amide bonds. The molecule has 164 valence electrons. The summed E-state index contributed by atoms with van der Waals surface area (Å²) < 4.78 is 14.8. The van der Waals surface area contributed by atoms with E-state index in [-0.39, 0.29) is 12.5 Å². The van der Waals surface area contributed by atoms with Gasteiger partial charge in [-0.15, -0.1) is 0 Å². The molecule has 0 radical (unpaired) electrons. The molecule has 3 atom stereocenters. The summed E-state index contributed by atoms with van der Waals surface area (Å²) in [5.41, 5.74) is 0.501. The molecule has 0 fully saturated rings. The lowest BCUT2D eigenvalue weighted by molar-refractivity contribution is 0.0758. The van der Waals surface area contributed by atoms with Crippen molar-refractivity contribution in [2.45, 2.75) is 38.2 Å². The van der Waals surface area contributed by atoms with Gasteiger partial charge in [0.25, 0.3) is 0 Å². The Morgan fingerprint density at radius 1 is 0.806 bits per heavy atom. The minimum Gasteiger partial charge on any atom is -0.395 e. The van der Waals surface area contributed by atoms with Gasteiger partial charge in [-0.3, -0.25) is 0 Å². The molecule has 0 heterocycles. The quantitative estimate of drug-likeness (QED) is 0.425. The van der Waals surface area contributed by atoms with Gasteiger partial charge in [0, 0.05) is 17.2 Å². The Morgan fingerprint density at radius 3 is 1.68 bits per heavy atom. The Kier molecular flexibility index (Phi) is 8.22. The summed E-state index contributed by atoms with van der Waals surface area (Å²) >= 11 is 0. The van der Waals surface area contributed by atoms with E-state index in [0.29, 0.717) is 6.54 Å². The van der Waals surface area contributed by atoms with Crippen molar-refractivity contribution < 1.29 is 14.8 Å². The van der Waals surface area contributed by atoms with Crippen LogP contribution >= 0.6 is 7.14 Å². The SMILES string of the molecule is CC(C)[C@H]([C@@H](O)[C@H](CO)NCc1ccccc1)P(=O)(c1ccccc1)c1ccccc1. The highest BCUT2D eigenvalue weighted by Gasteiger charge is 2.45. The van der Waals surface area contributed by atoms with E-state index in [0.717, 1.165) is 16.2 Å². The van der Waals surface area contributed by atoms with Crippen LogP contribution in [-0.4, -0.2) is 34.6 Å². The molecule has 4 nitrogen and oxygen atoms in total. The van der Waals surface area contributed by atoms with Gasteiger partial charge in [-0.05, 0) is 11.5 Å². The van der Waals surface area contributed by atoms with Gasteiger partial charge in [0.1, 0.15) is 7.14 Å². The van der Waals surface area contributed by atoms with E-state index >= 15 is 0 Å². The van der Waals surface area contributed by atoms with Gasteiger partial charge < -0.3 is 20.1 Å². The molecular weight excluding hydrogens is 405 g/mol. The first kappa shape index (κ1) is 23.4. The van der Waals surface area contributed by atoms with E-state index in [9.17, 15) is 14.8 Å². The molecule has 5 heteroatoms. The minimum absolute atomic E-state index is 0.0752. The maximum absolute atomic E-state index is 14.8. The number of rotatable bonds is 10. The molecule has 0 unspecified atom stereocenters. The maximum atomic E-state index is 14.8. The van der Waals surface area contributed by atoms with Crippen LogP contribution in [0.25, 0.3) is 0 Å². The van der Waals surface area contributed by atoms with Crippen LogP contribution in [0.2, 0.25) is 0 Å². The van der Waals surface area contributed by atoms with Gasteiger partial charge in [-0.25, -0.2) is 0 Å². The lowest BCUT2D eigenvalue weighted by Gasteiger charge is -2.38. The second-order valence-electron chi connectivity index (χ2n) is 8.21. The van der Waals surface area contributed by atoms with Crippen LogP contribution in [0.1, 0.15) is 19.4 Å². The molecule has 3 N–H and O–H groups in total. The van der Waals surface area contributed by atoms with Gasteiger partial charge in [0.05, 0.1) is 24.4 Å². The molecule has 3 rings (SSSR count). The number of benzene rings is 3. The second-order valence-corrected chi connectivity index (χ2v) is 11.2. The third kappa shape index (κ3) is 5.34. The van der Waals surface area contributed by atoms with Crippen LogP contribution in [0.15, 0.2) is 91.0 Å². The van der Waals surface area contributed by atoms with E-state index in [1.807, 2.05) is 105 Å². The normalized spacial score (nSPS) is 14.9. The predicted octanol–water partition coefficient (Wildman–Crippen LogP) is 3.54. The predicted molar refractivity (Wildman–Crippen MR) is 129 cm³/mol. The fourth-order valence-corrected chi connectivity index (χ4v) is 7.89. The number of aliphatic hydroxyl groups is 2. The fourth-order valence-electron chi connectivity index (χ4n) is 4.20. The Hall–Kier alpha value is -2.23. The van der Waals surface area contributed by atoms with E-state index < -0.39 is 24.9 Å². The van der Waals surface area contributed by atoms with Gasteiger partial charge >= 0.3 is 0 Å². The Balaban J connectivity index is 1.99. The summed E-state index contributed by atoms with van der Waals surface area (Å²) in [5, 5.41) is 26.3. The van der Waals surface area contributed by atoms with Crippen LogP contribution in [0.5, 0.6) is 0 Å². The molecule has 31 heavy (non-hydrogen) atoms. The van der Waals surface area contributed by atoms with Crippen LogP contribution in [0, 0.1) is 5.92 Å². The number of aliphatic hydroxyl groups excluding tert-OH is 2. The monoisotopic (exact) mass is 437 g/mol. The lowest BCUT2D eigenvalue weighted by Crippen LogP contribution is -2.51. The first-order valence-electron chi connectivity index (χ1n) is 10.8. The number of hydrogen-bond acceptors (Lipinski definition) is 4. The molecule has 0 saturated carbocycles. The Morgan fingerprint density at radius 2 is 1.26 bits per heavy atom. The molecule has 0 aliphatic carbocycles. The summed E-state index contributed by atoms with van der Waals surface area (Å²) in [6.07, 6.45) is -1.00. The molecule has 0 aliphatic heterocycles. The average molecular weight is 438 g/mol. The first-order chi connectivity index (χ1) is 15.0. The second kappa shape index (κ2) is 10.9. The highest BCUT2D eigenvalue weighted by atomic mass is 31.2. The summed E-state index contributed by atoms with van der Waals surface area (Å²) in [4.78, 5) is 0. The van der Waals surface area contributed by atoms with Crippen LogP contribution in [0.3, 0.4) is 0 Å². The third-order valence-electron chi connectivity index (χ3n) is 5.75. The fraction of sp³-hybridized carbons (Fsp3) is 0.308.